The van der Waals surface area contributed by atoms with Crippen molar-refractivity contribution >= 4 is 24.7 Å². The molecule has 0 aliphatic rings. The molecule has 0 saturated heterocycles. The first kappa shape index (κ1) is 15.6. The van der Waals surface area contributed by atoms with Gasteiger partial charge in [0.05, 0.1) is 4.92 Å². The van der Waals surface area contributed by atoms with E-state index in [0.717, 1.165) is 10.7 Å². The van der Waals surface area contributed by atoms with Gasteiger partial charge >= 0.3 is 0 Å². The van der Waals surface area contributed by atoms with Gasteiger partial charge in [-0.3, -0.25) is 10.1 Å². The van der Waals surface area contributed by atoms with E-state index >= 15 is 0 Å². The Balaban J connectivity index is 2.17. The first-order chi connectivity index (χ1) is 9.79. The standard InChI is InChI=1S/C13H18FN3O3Si/c1-21(2,3)8-7-20-9-16-13(14)12-10(15-16)5-4-6-11(12)17(18)19/h4-6H,7-9H2,1-3H3. The SMILES string of the molecule is C[Si](C)(C)CCOCn1nc2cccc([N+](=O)[O-])c2c1F. The molecule has 0 unspecified atom stereocenters. The molecule has 0 amide bonds. The number of nitro groups is 1. The number of benzene rings is 1. The van der Waals surface area contributed by atoms with E-state index in [0.29, 0.717) is 6.61 Å². The van der Waals surface area contributed by atoms with E-state index in [1.54, 1.807) is 6.07 Å². The van der Waals surface area contributed by atoms with Crippen LogP contribution in [0.1, 0.15) is 0 Å². The molecule has 0 bridgehead atoms. The molecule has 1 aromatic carbocycles. The summed E-state index contributed by atoms with van der Waals surface area (Å²) in [4.78, 5) is 10.3. The third kappa shape index (κ3) is 3.64. The van der Waals surface area contributed by atoms with E-state index in [1.165, 1.54) is 12.1 Å². The van der Waals surface area contributed by atoms with Crippen LogP contribution in [0, 0.1) is 16.1 Å². The average molecular weight is 311 g/mol. The number of halogens is 1. The molecule has 0 fully saturated rings. The van der Waals surface area contributed by atoms with Gasteiger partial charge in [0.1, 0.15) is 17.6 Å². The van der Waals surface area contributed by atoms with E-state index in [4.69, 9.17) is 4.74 Å². The van der Waals surface area contributed by atoms with E-state index in [9.17, 15) is 14.5 Å². The largest absolute Gasteiger partial charge is 0.359 e. The Hall–Kier alpha value is -1.80. The number of nitrogens with zero attached hydrogens (tertiary/aromatic N) is 3. The van der Waals surface area contributed by atoms with Crippen molar-refractivity contribution in [2.45, 2.75) is 32.4 Å². The predicted molar refractivity (Wildman–Crippen MR) is 80.5 cm³/mol. The minimum Gasteiger partial charge on any atom is -0.359 e. The molecule has 2 aromatic rings. The van der Waals surface area contributed by atoms with Gasteiger partial charge in [-0.25, -0.2) is 4.68 Å². The fraction of sp³-hybridized carbons (Fsp3) is 0.462. The topological polar surface area (TPSA) is 70.2 Å². The third-order valence-corrected chi connectivity index (χ3v) is 4.79. The van der Waals surface area contributed by atoms with Crippen LogP contribution >= 0.6 is 0 Å². The van der Waals surface area contributed by atoms with Crippen molar-refractivity contribution in [2.75, 3.05) is 6.61 Å². The highest BCUT2D eigenvalue weighted by molar-refractivity contribution is 6.76. The van der Waals surface area contributed by atoms with Crippen molar-refractivity contribution in [1.82, 2.24) is 9.78 Å². The Morgan fingerprint density at radius 1 is 1.43 bits per heavy atom. The van der Waals surface area contributed by atoms with E-state index in [-0.39, 0.29) is 23.3 Å². The number of nitro benzene ring substituents is 1. The normalized spacial score (nSPS) is 12.0. The molecule has 0 radical (unpaired) electrons. The molecule has 6 nitrogen and oxygen atoms in total. The van der Waals surface area contributed by atoms with Crippen molar-refractivity contribution in [3.63, 3.8) is 0 Å². The summed E-state index contributed by atoms with van der Waals surface area (Å²) in [6.45, 7) is 7.17. The number of ether oxygens (including phenoxy) is 1. The molecule has 0 saturated carbocycles. The first-order valence-corrected chi connectivity index (χ1v) is 10.4. The third-order valence-electron chi connectivity index (χ3n) is 3.09. The van der Waals surface area contributed by atoms with Gasteiger partial charge in [0.15, 0.2) is 0 Å². The van der Waals surface area contributed by atoms with E-state index in [2.05, 4.69) is 24.7 Å². The lowest BCUT2D eigenvalue weighted by Crippen LogP contribution is -2.22. The Kier molecular flexibility index (Phi) is 4.38. The minimum absolute atomic E-state index is 0.0395. The fourth-order valence-corrected chi connectivity index (χ4v) is 2.65. The second-order valence-corrected chi connectivity index (χ2v) is 11.7. The quantitative estimate of drug-likeness (QED) is 0.355. The second kappa shape index (κ2) is 5.90. The molecule has 2 rings (SSSR count). The molecular weight excluding hydrogens is 293 g/mol. The number of rotatable bonds is 6. The highest BCUT2D eigenvalue weighted by Crippen LogP contribution is 2.27. The second-order valence-electron chi connectivity index (χ2n) is 6.07. The van der Waals surface area contributed by atoms with Crippen LogP contribution in [-0.4, -0.2) is 29.4 Å². The van der Waals surface area contributed by atoms with Crippen LogP contribution in [0.25, 0.3) is 10.9 Å². The Bertz CT molecular complexity index is 666. The van der Waals surface area contributed by atoms with Crippen LogP contribution in [0.4, 0.5) is 10.1 Å². The van der Waals surface area contributed by atoms with Gasteiger partial charge in [0, 0.05) is 20.7 Å². The molecule has 21 heavy (non-hydrogen) atoms. The summed E-state index contributed by atoms with van der Waals surface area (Å²) in [6.07, 6.45) is 0. The number of fused-ring (bicyclic) bond motifs is 1. The Labute approximate surface area is 122 Å². The summed E-state index contributed by atoms with van der Waals surface area (Å²) in [5.74, 6) is -0.731. The van der Waals surface area contributed by atoms with Gasteiger partial charge in [0.2, 0.25) is 5.95 Å². The zero-order valence-corrected chi connectivity index (χ0v) is 13.3. The van der Waals surface area contributed by atoms with E-state index < -0.39 is 18.9 Å². The summed E-state index contributed by atoms with van der Waals surface area (Å²) in [7, 11) is -1.20. The number of non-ortho nitro benzene ring substituents is 1. The lowest BCUT2D eigenvalue weighted by molar-refractivity contribution is -0.383. The van der Waals surface area contributed by atoms with Crippen molar-refractivity contribution in [2.24, 2.45) is 0 Å². The highest BCUT2D eigenvalue weighted by atomic mass is 28.3. The fourth-order valence-electron chi connectivity index (χ4n) is 1.89. The zero-order chi connectivity index (χ0) is 15.6. The van der Waals surface area contributed by atoms with Crippen molar-refractivity contribution in [3.05, 3.63) is 34.3 Å². The summed E-state index contributed by atoms with van der Waals surface area (Å²) < 4.78 is 20.7. The van der Waals surface area contributed by atoms with Gasteiger partial charge in [-0.1, -0.05) is 25.7 Å². The van der Waals surface area contributed by atoms with Crippen LogP contribution in [0.3, 0.4) is 0 Å². The number of hydrogen-bond acceptors (Lipinski definition) is 4. The minimum atomic E-state index is -1.20. The van der Waals surface area contributed by atoms with Crippen LogP contribution in [0.5, 0.6) is 0 Å². The number of aromatic nitrogens is 2. The summed E-state index contributed by atoms with van der Waals surface area (Å²) in [5, 5.41) is 14.9. The maximum atomic E-state index is 14.2. The van der Waals surface area contributed by atoms with Gasteiger partial charge < -0.3 is 4.74 Å². The van der Waals surface area contributed by atoms with Gasteiger partial charge in [-0.15, -0.1) is 0 Å². The molecule has 0 atom stereocenters. The van der Waals surface area contributed by atoms with Crippen molar-refractivity contribution < 1.29 is 14.1 Å². The van der Waals surface area contributed by atoms with Gasteiger partial charge in [-0.2, -0.15) is 9.49 Å². The first-order valence-electron chi connectivity index (χ1n) is 6.67. The summed E-state index contributed by atoms with van der Waals surface area (Å²) in [6, 6.07) is 5.27. The van der Waals surface area contributed by atoms with Gasteiger partial charge in [-0.05, 0) is 12.1 Å². The maximum absolute atomic E-state index is 14.2. The van der Waals surface area contributed by atoms with Crippen molar-refractivity contribution in [3.8, 4) is 0 Å². The maximum Gasteiger partial charge on any atom is 0.283 e. The van der Waals surface area contributed by atoms with E-state index in [1.807, 2.05) is 0 Å². The Morgan fingerprint density at radius 3 is 2.76 bits per heavy atom. The number of hydrogen-bond donors (Lipinski definition) is 0. The van der Waals surface area contributed by atoms with Crippen molar-refractivity contribution in [1.29, 1.82) is 0 Å². The lowest BCUT2D eigenvalue weighted by Gasteiger charge is -2.15. The lowest BCUT2D eigenvalue weighted by atomic mass is 10.2. The Morgan fingerprint density at radius 2 is 2.14 bits per heavy atom. The summed E-state index contributed by atoms with van der Waals surface area (Å²) >= 11 is 0. The molecule has 0 aliphatic carbocycles. The van der Waals surface area contributed by atoms with Gasteiger partial charge in [0.25, 0.3) is 5.69 Å². The molecule has 1 aromatic heterocycles. The molecule has 0 N–H and O–H groups in total. The van der Waals surface area contributed by atoms with Crippen LogP contribution in [0.15, 0.2) is 18.2 Å². The molecule has 0 aliphatic heterocycles. The highest BCUT2D eigenvalue weighted by Gasteiger charge is 2.21. The summed E-state index contributed by atoms with van der Waals surface area (Å²) in [5.41, 5.74) is -0.0196. The zero-order valence-electron chi connectivity index (χ0n) is 12.3. The average Bonchev–Trinajstić information content (AvgIpc) is 2.70. The molecule has 8 heteroatoms. The molecule has 0 spiro atoms. The van der Waals surface area contributed by atoms with Crippen LogP contribution in [-0.2, 0) is 11.5 Å². The monoisotopic (exact) mass is 311 g/mol. The smallest absolute Gasteiger partial charge is 0.283 e. The molecule has 1 heterocycles. The molecular formula is C13H18FN3O3Si. The molecule has 114 valence electrons. The predicted octanol–water partition coefficient (Wildman–Crippen LogP) is 3.40. The van der Waals surface area contributed by atoms with Crippen LogP contribution in [0.2, 0.25) is 25.7 Å². The van der Waals surface area contributed by atoms with Crippen LogP contribution < -0.4 is 0 Å².